The van der Waals surface area contributed by atoms with Crippen molar-refractivity contribution in [2.45, 2.75) is 20.3 Å². The zero-order valence-electron chi connectivity index (χ0n) is 14.4. The average Bonchev–Trinajstić information content (AvgIpc) is 2.98. The second kappa shape index (κ2) is 7.28. The first-order valence-corrected chi connectivity index (χ1v) is 8.81. The molecule has 5 heteroatoms. The van der Waals surface area contributed by atoms with E-state index in [4.69, 9.17) is 11.6 Å². The van der Waals surface area contributed by atoms with Crippen LogP contribution in [-0.2, 0) is 9.59 Å². The van der Waals surface area contributed by atoms with Gasteiger partial charge in [-0.25, -0.2) is 0 Å². The highest BCUT2D eigenvalue weighted by molar-refractivity contribution is 6.30. The third-order valence-corrected chi connectivity index (χ3v) is 4.76. The van der Waals surface area contributed by atoms with Crippen LogP contribution in [0.1, 0.15) is 18.9 Å². The van der Waals surface area contributed by atoms with E-state index in [1.165, 1.54) is 0 Å². The number of anilines is 2. The van der Waals surface area contributed by atoms with E-state index in [1.807, 2.05) is 50.2 Å². The van der Waals surface area contributed by atoms with Crippen LogP contribution in [0.4, 0.5) is 11.4 Å². The fourth-order valence-electron chi connectivity index (χ4n) is 3.23. The normalized spacial score (nSPS) is 17.0. The zero-order chi connectivity index (χ0) is 18.0. The van der Waals surface area contributed by atoms with Crippen molar-refractivity contribution in [1.82, 2.24) is 0 Å². The van der Waals surface area contributed by atoms with Gasteiger partial charge in [0, 0.05) is 35.9 Å². The maximum atomic E-state index is 13.0. The molecule has 1 saturated heterocycles. The molecule has 2 aromatic carbocycles. The smallest absolute Gasteiger partial charge is 0.232 e. The van der Waals surface area contributed by atoms with Gasteiger partial charge in [0.2, 0.25) is 11.8 Å². The highest BCUT2D eigenvalue weighted by Gasteiger charge is 2.37. The van der Waals surface area contributed by atoms with E-state index >= 15 is 0 Å². The summed E-state index contributed by atoms with van der Waals surface area (Å²) in [6.45, 7) is 4.94. The van der Waals surface area contributed by atoms with E-state index in [-0.39, 0.29) is 24.2 Å². The molecule has 1 aliphatic rings. The predicted molar refractivity (Wildman–Crippen MR) is 101 cm³/mol. The van der Waals surface area contributed by atoms with Crippen LogP contribution in [0, 0.1) is 12.8 Å². The summed E-state index contributed by atoms with van der Waals surface area (Å²) in [6, 6.07) is 15.0. The number of nitrogens with zero attached hydrogens (tertiary/aromatic N) is 2. The Hall–Kier alpha value is -2.33. The Morgan fingerprint density at radius 3 is 2.60 bits per heavy atom. The molecule has 4 nitrogen and oxygen atoms in total. The second-order valence-electron chi connectivity index (χ2n) is 6.30. The largest absolute Gasteiger partial charge is 0.312 e. The van der Waals surface area contributed by atoms with Gasteiger partial charge in [0.15, 0.2) is 0 Å². The average molecular weight is 357 g/mol. The Morgan fingerprint density at radius 1 is 1.24 bits per heavy atom. The molecule has 2 aromatic rings. The fraction of sp³-hybridized carbons (Fsp3) is 0.300. The van der Waals surface area contributed by atoms with E-state index in [9.17, 15) is 9.59 Å². The van der Waals surface area contributed by atoms with Crippen molar-refractivity contribution in [2.75, 3.05) is 22.9 Å². The summed E-state index contributed by atoms with van der Waals surface area (Å²) >= 11 is 5.91. The number of amides is 2. The van der Waals surface area contributed by atoms with Crippen LogP contribution in [-0.4, -0.2) is 24.9 Å². The Balaban J connectivity index is 1.78. The van der Waals surface area contributed by atoms with Crippen LogP contribution in [0.3, 0.4) is 0 Å². The Bertz CT molecular complexity index is 789. The Morgan fingerprint density at radius 2 is 1.96 bits per heavy atom. The minimum atomic E-state index is -0.330. The van der Waals surface area contributed by atoms with E-state index in [0.717, 1.165) is 16.9 Å². The topological polar surface area (TPSA) is 40.6 Å². The first-order valence-electron chi connectivity index (χ1n) is 8.43. The first-order chi connectivity index (χ1) is 12.0. The standard InChI is InChI=1S/C20H21ClN2O2/c1-3-22(18-6-4-5-14(2)11-18)20(25)15-12-19(24)23(13-15)17-9-7-16(21)8-10-17/h4-11,15H,3,12-13H2,1-2H3/t15-/m0/s1. The fourth-order valence-corrected chi connectivity index (χ4v) is 3.35. The number of hydrogen-bond donors (Lipinski definition) is 0. The summed E-state index contributed by atoms with van der Waals surface area (Å²) in [5.41, 5.74) is 2.77. The summed E-state index contributed by atoms with van der Waals surface area (Å²) in [6.07, 6.45) is 0.240. The summed E-state index contributed by atoms with van der Waals surface area (Å²) < 4.78 is 0. The van der Waals surface area contributed by atoms with Crippen LogP contribution in [0.2, 0.25) is 5.02 Å². The van der Waals surface area contributed by atoms with E-state index < -0.39 is 0 Å². The number of benzene rings is 2. The number of carbonyl (C=O) groups is 2. The predicted octanol–water partition coefficient (Wildman–Crippen LogP) is 4.05. The van der Waals surface area contributed by atoms with Crippen molar-refractivity contribution >= 4 is 34.8 Å². The molecule has 0 saturated carbocycles. The van der Waals surface area contributed by atoms with Crippen molar-refractivity contribution in [3.8, 4) is 0 Å². The molecule has 0 spiro atoms. The highest BCUT2D eigenvalue weighted by Crippen LogP contribution is 2.29. The molecule has 1 atom stereocenters. The molecule has 1 heterocycles. The van der Waals surface area contributed by atoms with Crippen LogP contribution in [0.25, 0.3) is 0 Å². The Kier molecular flexibility index (Phi) is 5.09. The van der Waals surface area contributed by atoms with E-state index in [2.05, 4.69) is 0 Å². The monoisotopic (exact) mass is 356 g/mol. The lowest BCUT2D eigenvalue weighted by molar-refractivity contribution is -0.124. The third kappa shape index (κ3) is 3.69. The number of carbonyl (C=O) groups excluding carboxylic acids is 2. The minimum Gasteiger partial charge on any atom is -0.312 e. The molecule has 0 aromatic heterocycles. The zero-order valence-corrected chi connectivity index (χ0v) is 15.2. The van der Waals surface area contributed by atoms with Gasteiger partial charge in [-0.3, -0.25) is 9.59 Å². The van der Waals surface area contributed by atoms with Crippen molar-refractivity contribution in [3.05, 3.63) is 59.1 Å². The highest BCUT2D eigenvalue weighted by atomic mass is 35.5. The quantitative estimate of drug-likeness (QED) is 0.829. The number of hydrogen-bond acceptors (Lipinski definition) is 2. The number of halogens is 1. The van der Waals surface area contributed by atoms with Crippen LogP contribution < -0.4 is 9.80 Å². The van der Waals surface area contributed by atoms with Gasteiger partial charge in [0.1, 0.15) is 0 Å². The lowest BCUT2D eigenvalue weighted by Gasteiger charge is -2.24. The van der Waals surface area contributed by atoms with Crippen molar-refractivity contribution in [1.29, 1.82) is 0 Å². The summed E-state index contributed by atoms with van der Waals surface area (Å²) in [7, 11) is 0. The molecule has 0 bridgehead atoms. The van der Waals surface area contributed by atoms with Gasteiger partial charge in [0.25, 0.3) is 0 Å². The maximum Gasteiger partial charge on any atom is 0.232 e. The molecular weight excluding hydrogens is 336 g/mol. The second-order valence-corrected chi connectivity index (χ2v) is 6.74. The molecule has 3 rings (SSSR count). The lowest BCUT2D eigenvalue weighted by atomic mass is 10.1. The van der Waals surface area contributed by atoms with Crippen molar-refractivity contribution < 1.29 is 9.59 Å². The summed E-state index contributed by atoms with van der Waals surface area (Å²) in [5.74, 6) is -0.359. The van der Waals surface area contributed by atoms with Crippen LogP contribution >= 0.6 is 11.6 Å². The van der Waals surface area contributed by atoms with Crippen LogP contribution in [0.5, 0.6) is 0 Å². The molecule has 1 aliphatic heterocycles. The molecule has 0 aliphatic carbocycles. The SMILES string of the molecule is CCN(C(=O)[C@H]1CC(=O)N(c2ccc(Cl)cc2)C1)c1cccc(C)c1. The molecule has 0 radical (unpaired) electrons. The van der Waals surface area contributed by atoms with E-state index in [1.54, 1.807) is 21.9 Å². The van der Waals surface area contributed by atoms with Gasteiger partial charge in [0.05, 0.1) is 5.92 Å². The van der Waals surface area contributed by atoms with Gasteiger partial charge in [-0.2, -0.15) is 0 Å². The van der Waals surface area contributed by atoms with Gasteiger partial charge in [-0.1, -0.05) is 23.7 Å². The molecule has 2 amide bonds. The number of rotatable bonds is 4. The molecule has 0 unspecified atom stereocenters. The molecule has 1 fully saturated rings. The third-order valence-electron chi connectivity index (χ3n) is 4.51. The molecule has 25 heavy (non-hydrogen) atoms. The maximum absolute atomic E-state index is 13.0. The van der Waals surface area contributed by atoms with Gasteiger partial charge < -0.3 is 9.80 Å². The van der Waals surface area contributed by atoms with Gasteiger partial charge >= 0.3 is 0 Å². The number of aryl methyl sites for hydroxylation is 1. The minimum absolute atomic E-state index is 0.00193. The summed E-state index contributed by atoms with van der Waals surface area (Å²) in [5, 5.41) is 0.625. The van der Waals surface area contributed by atoms with Crippen molar-refractivity contribution in [2.24, 2.45) is 5.92 Å². The summed E-state index contributed by atoms with van der Waals surface area (Å²) in [4.78, 5) is 28.8. The van der Waals surface area contributed by atoms with Gasteiger partial charge in [-0.05, 0) is 55.8 Å². The molecule has 130 valence electrons. The van der Waals surface area contributed by atoms with E-state index in [0.29, 0.717) is 18.1 Å². The Labute approximate surface area is 153 Å². The molecule has 0 N–H and O–H groups in total. The van der Waals surface area contributed by atoms with Crippen LogP contribution in [0.15, 0.2) is 48.5 Å². The lowest BCUT2D eigenvalue weighted by Crippen LogP contribution is -2.37. The van der Waals surface area contributed by atoms with Gasteiger partial charge in [-0.15, -0.1) is 0 Å². The first kappa shape index (κ1) is 17.5. The van der Waals surface area contributed by atoms with Crippen molar-refractivity contribution in [3.63, 3.8) is 0 Å². The molecular formula is C20H21ClN2O2.